The molecule has 5 heteroatoms. The highest BCUT2D eigenvalue weighted by molar-refractivity contribution is 5.77. The van der Waals surface area contributed by atoms with Crippen molar-refractivity contribution in [3.8, 4) is 0 Å². The standard InChI is InChI=1S/C30H42N4O.C3H8/c1-23-6-4-8-28(18-23)32-15-14-31-13-12-26-10-11-27(20-26)21-30(35)33-16-17-34(25(3)22-33)29-9-5-7-24(2)19-29;1-3-2/h4-11,18-19,25-27,31-32H,12-17,20-22H2,1-3H3;3H2,1-2H3. The van der Waals surface area contributed by atoms with Gasteiger partial charge < -0.3 is 20.4 Å². The first-order chi connectivity index (χ1) is 18.4. The number of amides is 1. The summed E-state index contributed by atoms with van der Waals surface area (Å²) in [7, 11) is 0. The third-order valence-electron chi connectivity index (χ3n) is 7.35. The molecule has 1 saturated heterocycles. The number of nitrogens with zero attached hydrogens (tertiary/aromatic N) is 2. The summed E-state index contributed by atoms with van der Waals surface area (Å²) in [6, 6.07) is 17.5. The second kappa shape index (κ2) is 15.6. The van der Waals surface area contributed by atoms with E-state index in [4.69, 9.17) is 0 Å². The van der Waals surface area contributed by atoms with Crippen molar-refractivity contribution in [2.45, 2.75) is 66.3 Å². The Hall–Kier alpha value is -2.79. The van der Waals surface area contributed by atoms with Gasteiger partial charge in [0.25, 0.3) is 0 Å². The number of nitrogens with one attached hydrogen (secondary N) is 2. The van der Waals surface area contributed by atoms with Crippen LogP contribution in [0.1, 0.15) is 57.6 Å². The lowest BCUT2D eigenvalue weighted by Crippen LogP contribution is -2.54. The molecule has 3 unspecified atom stereocenters. The van der Waals surface area contributed by atoms with Crippen LogP contribution in [0.3, 0.4) is 0 Å². The fourth-order valence-electron chi connectivity index (χ4n) is 5.42. The van der Waals surface area contributed by atoms with Gasteiger partial charge in [-0.05, 0) is 87.4 Å². The molecule has 208 valence electrons. The molecule has 0 saturated carbocycles. The van der Waals surface area contributed by atoms with Crippen LogP contribution < -0.4 is 15.5 Å². The van der Waals surface area contributed by atoms with E-state index in [1.54, 1.807) is 0 Å². The molecule has 1 fully saturated rings. The Morgan fingerprint density at radius 3 is 2.34 bits per heavy atom. The summed E-state index contributed by atoms with van der Waals surface area (Å²) in [5.41, 5.74) is 5.02. The lowest BCUT2D eigenvalue weighted by atomic mass is 9.97. The maximum Gasteiger partial charge on any atom is 0.223 e. The zero-order valence-corrected chi connectivity index (χ0v) is 24.4. The Kier molecular flexibility index (Phi) is 12.2. The highest BCUT2D eigenvalue weighted by Crippen LogP contribution is 2.29. The molecule has 0 bridgehead atoms. The van der Waals surface area contributed by atoms with Crippen molar-refractivity contribution < 1.29 is 4.79 Å². The number of allylic oxidation sites excluding steroid dienone is 2. The van der Waals surface area contributed by atoms with Crippen LogP contribution in [-0.2, 0) is 4.79 Å². The van der Waals surface area contributed by atoms with Crippen LogP contribution in [0, 0.1) is 25.7 Å². The Morgan fingerprint density at radius 2 is 1.63 bits per heavy atom. The largest absolute Gasteiger partial charge is 0.384 e. The van der Waals surface area contributed by atoms with Gasteiger partial charge in [0, 0.05) is 56.6 Å². The summed E-state index contributed by atoms with van der Waals surface area (Å²) in [4.78, 5) is 17.5. The van der Waals surface area contributed by atoms with Gasteiger partial charge in [0.2, 0.25) is 5.91 Å². The first-order valence-electron chi connectivity index (χ1n) is 14.7. The number of anilines is 2. The molecular formula is C33H50N4O. The van der Waals surface area contributed by atoms with Gasteiger partial charge in [0.05, 0.1) is 0 Å². The molecule has 5 nitrogen and oxygen atoms in total. The molecule has 2 N–H and O–H groups in total. The van der Waals surface area contributed by atoms with Gasteiger partial charge in [-0.3, -0.25) is 4.79 Å². The van der Waals surface area contributed by atoms with Crippen LogP contribution in [0.5, 0.6) is 0 Å². The first-order valence-corrected chi connectivity index (χ1v) is 14.7. The van der Waals surface area contributed by atoms with E-state index < -0.39 is 0 Å². The van der Waals surface area contributed by atoms with E-state index in [1.165, 1.54) is 28.9 Å². The Morgan fingerprint density at radius 1 is 0.921 bits per heavy atom. The van der Waals surface area contributed by atoms with Gasteiger partial charge in [-0.15, -0.1) is 0 Å². The second-order valence-corrected chi connectivity index (χ2v) is 11.1. The van der Waals surface area contributed by atoms with E-state index in [0.29, 0.717) is 30.2 Å². The molecule has 2 aromatic rings. The molecule has 38 heavy (non-hydrogen) atoms. The predicted octanol–water partition coefficient (Wildman–Crippen LogP) is 6.43. The SMILES string of the molecule is CCC.Cc1cccc(NCCNCCC2C=CC(CC(=O)N3CCN(c4cccc(C)c4)C(C)C3)C2)c1. The molecule has 0 aromatic heterocycles. The van der Waals surface area contributed by atoms with Gasteiger partial charge in [-0.2, -0.15) is 0 Å². The fourth-order valence-corrected chi connectivity index (χ4v) is 5.42. The molecular weight excluding hydrogens is 468 g/mol. The van der Waals surface area contributed by atoms with Crippen molar-refractivity contribution in [2.24, 2.45) is 11.8 Å². The van der Waals surface area contributed by atoms with E-state index in [9.17, 15) is 4.79 Å². The Balaban J connectivity index is 0.00000127. The average molecular weight is 519 g/mol. The average Bonchev–Trinajstić information content (AvgIpc) is 3.33. The molecule has 0 spiro atoms. The number of carbonyl (C=O) groups is 1. The van der Waals surface area contributed by atoms with E-state index >= 15 is 0 Å². The minimum absolute atomic E-state index is 0.316. The summed E-state index contributed by atoms with van der Waals surface area (Å²) in [5.74, 6) is 1.29. The zero-order valence-electron chi connectivity index (χ0n) is 24.4. The number of benzene rings is 2. The topological polar surface area (TPSA) is 47.6 Å². The van der Waals surface area contributed by atoms with Crippen molar-refractivity contribution in [3.63, 3.8) is 0 Å². The minimum atomic E-state index is 0.316. The third-order valence-corrected chi connectivity index (χ3v) is 7.35. The van der Waals surface area contributed by atoms with Crippen LogP contribution in [0.15, 0.2) is 60.7 Å². The van der Waals surface area contributed by atoms with Crippen LogP contribution >= 0.6 is 0 Å². The van der Waals surface area contributed by atoms with Crippen LogP contribution in [0.2, 0.25) is 0 Å². The normalized spacial score (nSPS) is 20.7. The summed E-state index contributed by atoms with van der Waals surface area (Å²) in [6.45, 7) is 16.2. The molecule has 1 aliphatic heterocycles. The maximum absolute atomic E-state index is 13.0. The Labute approximate surface area is 231 Å². The molecule has 2 aromatic carbocycles. The quantitative estimate of drug-likeness (QED) is 0.281. The number of rotatable bonds is 10. The number of piperazine rings is 1. The molecule has 1 aliphatic carbocycles. The van der Waals surface area contributed by atoms with Crippen molar-refractivity contribution >= 4 is 17.3 Å². The van der Waals surface area contributed by atoms with E-state index in [1.807, 2.05) is 0 Å². The van der Waals surface area contributed by atoms with Crippen molar-refractivity contribution in [1.82, 2.24) is 10.2 Å². The van der Waals surface area contributed by atoms with Crippen LogP contribution in [0.4, 0.5) is 11.4 Å². The van der Waals surface area contributed by atoms with E-state index in [-0.39, 0.29) is 0 Å². The van der Waals surface area contributed by atoms with Crippen molar-refractivity contribution in [1.29, 1.82) is 0 Å². The summed E-state index contributed by atoms with van der Waals surface area (Å²) in [5, 5.41) is 7.02. The van der Waals surface area contributed by atoms with Gasteiger partial charge in [0.15, 0.2) is 0 Å². The van der Waals surface area contributed by atoms with E-state index in [2.05, 4.69) is 116 Å². The lowest BCUT2D eigenvalue weighted by Gasteiger charge is -2.41. The first kappa shape index (κ1) is 29.8. The number of carbonyl (C=O) groups excluding carboxylic acids is 1. The number of hydrogen-bond donors (Lipinski definition) is 2. The summed E-state index contributed by atoms with van der Waals surface area (Å²) >= 11 is 0. The zero-order chi connectivity index (χ0) is 27.3. The van der Waals surface area contributed by atoms with Gasteiger partial charge >= 0.3 is 0 Å². The van der Waals surface area contributed by atoms with Crippen LogP contribution in [0.25, 0.3) is 0 Å². The predicted molar refractivity (Wildman–Crippen MR) is 163 cm³/mol. The minimum Gasteiger partial charge on any atom is -0.384 e. The Bertz CT molecular complexity index is 1020. The van der Waals surface area contributed by atoms with Crippen molar-refractivity contribution in [3.05, 3.63) is 71.8 Å². The third kappa shape index (κ3) is 9.50. The molecule has 3 atom stereocenters. The molecule has 1 heterocycles. The van der Waals surface area contributed by atoms with Crippen molar-refractivity contribution in [2.75, 3.05) is 49.5 Å². The molecule has 1 amide bonds. The molecule has 0 radical (unpaired) electrons. The number of hydrogen-bond acceptors (Lipinski definition) is 4. The van der Waals surface area contributed by atoms with Gasteiger partial charge in [-0.25, -0.2) is 0 Å². The maximum atomic E-state index is 13.0. The van der Waals surface area contributed by atoms with Crippen LogP contribution in [-0.4, -0.2) is 56.1 Å². The smallest absolute Gasteiger partial charge is 0.223 e. The highest BCUT2D eigenvalue weighted by atomic mass is 16.2. The molecule has 4 rings (SSSR count). The van der Waals surface area contributed by atoms with Gasteiger partial charge in [-0.1, -0.05) is 56.7 Å². The second-order valence-electron chi connectivity index (χ2n) is 11.1. The molecule has 2 aliphatic rings. The summed E-state index contributed by atoms with van der Waals surface area (Å²) in [6.07, 6.45) is 8.76. The lowest BCUT2D eigenvalue weighted by molar-refractivity contribution is -0.132. The summed E-state index contributed by atoms with van der Waals surface area (Å²) < 4.78 is 0. The number of aryl methyl sites for hydroxylation is 2. The van der Waals surface area contributed by atoms with E-state index in [0.717, 1.165) is 52.1 Å². The monoisotopic (exact) mass is 518 g/mol. The fraction of sp³-hybridized carbons (Fsp3) is 0.545. The highest BCUT2D eigenvalue weighted by Gasteiger charge is 2.29. The van der Waals surface area contributed by atoms with Gasteiger partial charge in [0.1, 0.15) is 0 Å².